The third-order valence-corrected chi connectivity index (χ3v) is 3.63. The van der Waals surface area contributed by atoms with Crippen molar-refractivity contribution < 1.29 is 9.53 Å². The van der Waals surface area contributed by atoms with Crippen LogP contribution >= 0.6 is 0 Å². The van der Waals surface area contributed by atoms with Crippen LogP contribution in [0.15, 0.2) is 72.9 Å². The number of aromatic nitrogens is 1. The van der Waals surface area contributed by atoms with E-state index in [1.165, 1.54) is 0 Å². The van der Waals surface area contributed by atoms with E-state index >= 15 is 0 Å². The van der Waals surface area contributed by atoms with Crippen LogP contribution in [0.1, 0.15) is 31.1 Å². The van der Waals surface area contributed by atoms with E-state index in [-0.39, 0.29) is 11.4 Å². The minimum Gasteiger partial charge on any atom is -0.455 e. The third kappa shape index (κ3) is 5.31. The summed E-state index contributed by atoms with van der Waals surface area (Å²) in [6.07, 6.45) is 1.62. The minimum absolute atomic E-state index is 0.141. The number of rotatable bonds is 5. The Labute approximate surface area is 159 Å². The van der Waals surface area contributed by atoms with Crippen LogP contribution in [-0.4, -0.2) is 16.4 Å². The van der Waals surface area contributed by atoms with E-state index in [2.05, 4.69) is 15.6 Å². The largest absolute Gasteiger partial charge is 0.455 e. The molecule has 3 rings (SSSR count). The highest BCUT2D eigenvalue weighted by atomic mass is 16.5. The van der Waals surface area contributed by atoms with E-state index in [1.807, 2.05) is 75.4 Å². The van der Waals surface area contributed by atoms with Gasteiger partial charge in [-0.05, 0) is 57.2 Å². The van der Waals surface area contributed by atoms with Gasteiger partial charge in [0.15, 0.2) is 5.75 Å². The van der Waals surface area contributed by atoms with Crippen molar-refractivity contribution in [3.63, 3.8) is 0 Å². The second-order valence-corrected chi connectivity index (χ2v) is 7.17. The van der Waals surface area contributed by atoms with Crippen LogP contribution in [0.2, 0.25) is 0 Å². The Bertz CT molecular complexity index is 918. The summed E-state index contributed by atoms with van der Waals surface area (Å²) in [5.41, 5.74) is 0.984. The van der Waals surface area contributed by atoms with Gasteiger partial charge in [0.25, 0.3) is 5.91 Å². The molecule has 1 heterocycles. The molecule has 2 aromatic carbocycles. The predicted molar refractivity (Wildman–Crippen MR) is 109 cm³/mol. The number of nitrogens with one attached hydrogen (secondary N) is 2. The standard InChI is InChI=1S/C22H23N3O2/c1-22(2,3)25-20-15-16(13-14-23-20)21(26)24-18-11-7-8-12-19(18)27-17-9-5-4-6-10-17/h4-15H,1-3H3,(H,23,25)(H,24,26). The number of amides is 1. The first-order valence-electron chi connectivity index (χ1n) is 8.78. The minimum atomic E-state index is -0.224. The molecule has 0 radical (unpaired) electrons. The Hall–Kier alpha value is -3.34. The van der Waals surface area contributed by atoms with Crippen molar-refractivity contribution in [2.45, 2.75) is 26.3 Å². The molecule has 5 nitrogen and oxygen atoms in total. The quantitative estimate of drug-likeness (QED) is 0.644. The summed E-state index contributed by atoms with van der Waals surface area (Å²) in [7, 11) is 0. The molecule has 138 valence electrons. The van der Waals surface area contributed by atoms with Crippen molar-refractivity contribution in [1.82, 2.24) is 4.98 Å². The molecule has 0 aliphatic rings. The van der Waals surface area contributed by atoms with Gasteiger partial charge in [0.2, 0.25) is 0 Å². The van der Waals surface area contributed by atoms with E-state index in [1.54, 1.807) is 18.3 Å². The maximum absolute atomic E-state index is 12.7. The number of hydrogen-bond donors (Lipinski definition) is 2. The number of anilines is 2. The second kappa shape index (κ2) is 7.91. The fourth-order valence-corrected chi connectivity index (χ4v) is 2.49. The lowest BCUT2D eigenvalue weighted by atomic mass is 10.1. The second-order valence-electron chi connectivity index (χ2n) is 7.17. The summed E-state index contributed by atoms with van der Waals surface area (Å²) in [6.45, 7) is 6.12. The van der Waals surface area contributed by atoms with Crippen LogP contribution in [0, 0.1) is 0 Å². The van der Waals surface area contributed by atoms with E-state index in [0.717, 1.165) is 0 Å². The number of para-hydroxylation sites is 3. The average molecular weight is 361 g/mol. The van der Waals surface area contributed by atoms with Gasteiger partial charge in [-0.2, -0.15) is 0 Å². The first-order valence-corrected chi connectivity index (χ1v) is 8.78. The fraction of sp³-hybridized carbons (Fsp3) is 0.182. The zero-order valence-corrected chi connectivity index (χ0v) is 15.7. The molecule has 0 fully saturated rings. The molecule has 0 aliphatic carbocycles. The molecule has 0 aliphatic heterocycles. The van der Waals surface area contributed by atoms with Crippen LogP contribution in [0.4, 0.5) is 11.5 Å². The Balaban J connectivity index is 1.78. The average Bonchev–Trinajstić information content (AvgIpc) is 2.63. The molecule has 3 aromatic rings. The van der Waals surface area contributed by atoms with Gasteiger partial charge < -0.3 is 15.4 Å². The lowest BCUT2D eigenvalue weighted by Crippen LogP contribution is -2.27. The summed E-state index contributed by atoms with van der Waals surface area (Å²) >= 11 is 0. The van der Waals surface area contributed by atoms with Gasteiger partial charge in [-0.15, -0.1) is 0 Å². The highest BCUT2D eigenvalue weighted by Crippen LogP contribution is 2.29. The van der Waals surface area contributed by atoms with Crippen LogP contribution in [0.3, 0.4) is 0 Å². The number of ether oxygens (including phenoxy) is 1. The van der Waals surface area contributed by atoms with Crippen LogP contribution in [-0.2, 0) is 0 Å². The third-order valence-electron chi connectivity index (χ3n) is 3.63. The van der Waals surface area contributed by atoms with Gasteiger partial charge in [0.05, 0.1) is 5.69 Å². The molecular weight excluding hydrogens is 338 g/mol. The normalized spacial score (nSPS) is 10.9. The molecule has 1 aromatic heterocycles. The van der Waals surface area contributed by atoms with E-state index in [4.69, 9.17) is 4.74 Å². The molecule has 0 spiro atoms. The van der Waals surface area contributed by atoms with Crippen molar-refractivity contribution >= 4 is 17.4 Å². The van der Waals surface area contributed by atoms with Crippen molar-refractivity contribution in [2.75, 3.05) is 10.6 Å². The summed E-state index contributed by atoms with van der Waals surface area (Å²) < 4.78 is 5.90. The van der Waals surface area contributed by atoms with Gasteiger partial charge in [0.1, 0.15) is 11.6 Å². The molecule has 0 bridgehead atoms. The summed E-state index contributed by atoms with van der Waals surface area (Å²) in [4.78, 5) is 17.0. The van der Waals surface area contributed by atoms with Crippen molar-refractivity contribution in [1.29, 1.82) is 0 Å². The first-order chi connectivity index (χ1) is 12.9. The summed E-state index contributed by atoms with van der Waals surface area (Å²) in [5, 5.41) is 6.19. The van der Waals surface area contributed by atoms with Gasteiger partial charge >= 0.3 is 0 Å². The van der Waals surface area contributed by atoms with Crippen LogP contribution < -0.4 is 15.4 Å². The highest BCUT2D eigenvalue weighted by molar-refractivity contribution is 6.05. The molecular formula is C22H23N3O2. The first kappa shape index (κ1) is 18.5. The molecule has 1 amide bonds. The Kier molecular flexibility index (Phi) is 5.41. The van der Waals surface area contributed by atoms with Crippen molar-refractivity contribution in [2.24, 2.45) is 0 Å². The molecule has 0 saturated carbocycles. The topological polar surface area (TPSA) is 63.2 Å². The maximum Gasteiger partial charge on any atom is 0.255 e. The zero-order chi connectivity index (χ0) is 19.3. The molecule has 0 saturated heterocycles. The monoisotopic (exact) mass is 361 g/mol. The fourth-order valence-electron chi connectivity index (χ4n) is 2.49. The van der Waals surface area contributed by atoms with Crippen LogP contribution in [0.5, 0.6) is 11.5 Å². The van der Waals surface area contributed by atoms with Crippen molar-refractivity contribution in [3.8, 4) is 11.5 Å². The maximum atomic E-state index is 12.7. The van der Waals surface area contributed by atoms with E-state index in [0.29, 0.717) is 28.6 Å². The number of carbonyl (C=O) groups excluding carboxylic acids is 1. The number of pyridine rings is 1. The smallest absolute Gasteiger partial charge is 0.255 e. The number of benzene rings is 2. The van der Waals surface area contributed by atoms with Gasteiger partial charge in [-0.1, -0.05) is 30.3 Å². The molecule has 27 heavy (non-hydrogen) atoms. The number of carbonyl (C=O) groups is 1. The van der Waals surface area contributed by atoms with E-state index in [9.17, 15) is 4.79 Å². The van der Waals surface area contributed by atoms with Crippen molar-refractivity contribution in [3.05, 3.63) is 78.5 Å². The summed E-state index contributed by atoms with van der Waals surface area (Å²) in [5.74, 6) is 1.72. The van der Waals surface area contributed by atoms with Gasteiger partial charge in [-0.25, -0.2) is 4.98 Å². The van der Waals surface area contributed by atoms with Crippen LogP contribution in [0.25, 0.3) is 0 Å². The predicted octanol–water partition coefficient (Wildman–Crippen LogP) is 5.34. The Morgan fingerprint density at radius 3 is 2.41 bits per heavy atom. The number of nitrogens with zero attached hydrogens (tertiary/aromatic N) is 1. The molecule has 2 N–H and O–H groups in total. The molecule has 0 unspecified atom stereocenters. The molecule has 0 atom stereocenters. The number of hydrogen-bond acceptors (Lipinski definition) is 4. The summed E-state index contributed by atoms with van der Waals surface area (Å²) in [6, 6.07) is 20.2. The van der Waals surface area contributed by atoms with Gasteiger partial charge in [0, 0.05) is 17.3 Å². The molecule has 5 heteroatoms. The van der Waals surface area contributed by atoms with E-state index < -0.39 is 0 Å². The zero-order valence-electron chi connectivity index (χ0n) is 15.7. The lowest BCUT2D eigenvalue weighted by Gasteiger charge is -2.21. The Morgan fingerprint density at radius 1 is 0.963 bits per heavy atom. The lowest BCUT2D eigenvalue weighted by molar-refractivity contribution is 0.102. The SMILES string of the molecule is CC(C)(C)Nc1cc(C(=O)Nc2ccccc2Oc2ccccc2)ccn1. The Morgan fingerprint density at radius 2 is 1.67 bits per heavy atom. The van der Waals surface area contributed by atoms with Gasteiger partial charge in [-0.3, -0.25) is 4.79 Å². The highest BCUT2D eigenvalue weighted by Gasteiger charge is 2.14.